The molecule has 268 valence electrons. The number of carbonyl (C=O) groups is 3. The molecular formula is C37H49F2N3O7. The predicted octanol–water partition coefficient (Wildman–Crippen LogP) is 6.80. The molecule has 12 heteroatoms. The van der Waals surface area contributed by atoms with E-state index in [2.05, 4.69) is 23.1 Å². The van der Waals surface area contributed by atoms with Gasteiger partial charge < -0.3 is 23.8 Å². The molecule has 0 spiro atoms. The minimum absolute atomic E-state index is 0.158. The molecule has 4 rings (SSSR count). The second-order valence-corrected chi connectivity index (χ2v) is 15.1. The average molecular weight is 686 g/mol. The van der Waals surface area contributed by atoms with Crippen LogP contribution in [0.4, 0.5) is 8.78 Å². The Kier molecular flexibility index (Phi) is 11.1. The number of alkyl halides is 2. The van der Waals surface area contributed by atoms with Crippen LogP contribution in [0.5, 0.6) is 11.6 Å². The van der Waals surface area contributed by atoms with Crippen molar-refractivity contribution in [1.82, 2.24) is 14.9 Å². The van der Waals surface area contributed by atoms with Crippen molar-refractivity contribution in [2.24, 2.45) is 23.2 Å². The summed E-state index contributed by atoms with van der Waals surface area (Å²) in [6.07, 6.45) is 3.41. The number of allylic oxidation sites excluding steroid dienone is 2. The number of halogens is 2. The van der Waals surface area contributed by atoms with Crippen LogP contribution in [0.3, 0.4) is 0 Å². The Hall–Kier alpha value is -4.09. The molecule has 10 nitrogen and oxygen atoms in total. The monoisotopic (exact) mass is 685 g/mol. The number of hydrogen-bond donors (Lipinski definition) is 0. The van der Waals surface area contributed by atoms with E-state index < -0.39 is 70.3 Å². The van der Waals surface area contributed by atoms with E-state index in [1.165, 1.54) is 18.1 Å². The van der Waals surface area contributed by atoms with Crippen molar-refractivity contribution in [3.05, 3.63) is 49.2 Å². The quantitative estimate of drug-likeness (QED) is 0.166. The fourth-order valence-corrected chi connectivity index (χ4v) is 6.07. The summed E-state index contributed by atoms with van der Waals surface area (Å²) in [6, 6.07) is 3.49. The molecule has 1 aliphatic carbocycles. The van der Waals surface area contributed by atoms with Gasteiger partial charge in [-0.15, -0.1) is 6.58 Å². The van der Waals surface area contributed by atoms with Crippen LogP contribution >= 0.6 is 0 Å². The number of aromatic nitrogens is 2. The lowest BCUT2D eigenvalue weighted by Gasteiger charge is -2.35. The lowest BCUT2D eigenvalue weighted by atomic mass is 9.77. The standard InChI is InChI=1S/C37H49F2N3O7/c1-11-13-14-22-17-27(22)47-29(43)19-24(35(4,5)6)33(44)42-20-28(21(3)30(42)34(45)49-36(7,8)9)48-32-31(37(38,39)12-2)40-25-16-15-23(46-10)18-26(25)41-32/h11-12,15-16,18,21-22,24,27-28,30H,1-2,13-14,17,19-20H2,3-10H3/t21-,22-,24-,27-,28+,30+/m1/s1. The normalized spacial score (nSPS) is 23.1. The summed E-state index contributed by atoms with van der Waals surface area (Å²) >= 11 is 0. The Morgan fingerprint density at radius 2 is 1.76 bits per heavy atom. The number of benzene rings is 1. The van der Waals surface area contributed by atoms with E-state index in [0.717, 1.165) is 19.3 Å². The summed E-state index contributed by atoms with van der Waals surface area (Å²) in [5, 5.41) is 0. The number of hydrogen-bond acceptors (Lipinski definition) is 9. The van der Waals surface area contributed by atoms with Crippen molar-refractivity contribution in [2.45, 2.75) is 104 Å². The van der Waals surface area contributed by atoms with Crippen LogP contribution in [-0.2, 0) is 29.8 Å². The number of nitrogens with zero attached hydrogens (tertiary/aromatic N) is 3. The van der Waals surface area contributed by atoms with E-state index in [9.17, 15) is 14.4 Å². The summed E-state index contributed by atoms with van der Waals surface area (Å²) < 4.78 is 53.3. The van der Waals surface area contributed by atoms with Crippen molar-refractivity contribution in [2.75, 3.05) is 13.7 Å². The fraction of sp³-hybridized carbons (Fsp3) is 0.595. The lowest BCUT2D eigenvalue weighted by Crippen LogP contribution is -2.50. The van der Waals surface area contributed by atoms with Gasteiger partial charge in [-0.25, -0.2) is 14.8 Å². The third-order valence-electron chi connectivity index (χ3n) is 9.00. The zero-order chi connectivity index (χ0) is 36.5. The van der Waals surface area contributed by atoms with Crippen molar-refractivity contribution >= 4 is 28.9 Å². The lowest BCUT2D eigenvalue weighted by molar-refractivity contribution is -0.166. The molecule has 1 aliphatic heterocycles. The number of amides is 1. The van der Waals surface area contributed by atoms with Gasteiger partial charge >= 0.3 is 17.9 Å². The molecule has 1 aromatic carbocycles. The second kappa shape index (κ2) is 14.4. The Morgan fingerprint density at radius 3 is 2.35 bits per heavy atom. The first-order chi connectivity index (χ1) is 22.8. The van der Waals surface area contributed by atoms with Crippen molar-refractivity contribution in [1.29, 1.82) is 0 Å². The van der Waals surface area contributed by atoms with Gasteiger partial charge in [-0.1, -0.05) is 40.3 Å². The maximum Gasteiger partial charge on any atom is 0.329 e. The predicted molar refractivity (Wildman–Crippen MR) is 180 cm³/mol. The van der Waals surface area contributed by atoms with E-state index in [0.29, 0.717) is 11.8 Å². The van der Waals surface area contributed by atoms with Gasteiger partial charge in [0.2, 0.25) is 11.8 Å². The molecule has 2 aromatic rings. The molecule has 1 saturated heterocycles. The largest absolute Gasteiger partial charge is 0.497 e. The zero-order valence-corrected chi connectivity index (χ0v) is 29.8. The van der Waals surface area contributed by atoms with E-state index in [-0.39, 0.29) is 36.0 Å². The maximum atomic E-state index is 15.2. The maximum absolute atomic E-state index is 15.2. The van der Waals surface area contributed by atoms with Crippen molar-refractivity contribution in [3.8, 4) is 11.6 Å². The second-order valence-electron chi connectivity index (χ2n) is 15.1. The molecular weight excluding hydrogens is 636 g/mol. The van der Waals surface area contributed by atoms with E-state index in [1.807, 2.05) is 26.8 Å². The number of esters is 2. The topological polar surface area (TPSA) is 117 Å². The van der Waals surface area contributed by atoms with Gasteiger partial charge in [-0.3, -0.25) is 9.59 Å². The minimum atomic E-state index is -3.61. The molecule has 2 aliphatic rings. The average Bonchev–Trinajstić information content (AvgIpc) is 3.67. The molecule has 1 saturated carbocycles. The Labute approximate surface area is 287 Å². The SMILES string of the molecule is C=CCC[C@@H]1C[C@H]1OC(=O)C[C@H](C(=O)N1C[C@H](Oc2nc3cc(OC)ccc3nc2C(F)(F)C=C)[C@@H](C)[C@H]1C(=O)OC(C)(C)C)C(C)(C)C. The highest BCUT2D eigenvalue weighted by Gasteiger charge is 2.52. The van der Waals surface area contributed by atoms with Gasteiger partial charge in [0.1, 0.15) is 29.6 Å². The minimum Gasteiger partial charge on any atom is -0.497 e. The number of carbonyl (C=O) groups excluding carboxylic acids is 3. The van der Waals surface area contributed by atoms with Crippen LogP contribution in [0.2, 0.25) is 0 Å². The van der Waals surface area contributed by atoms with Crippen molar-refractivity contribution in [3.63, 3.8) is 0 Å². The molecule has 2 fully saturated rings. The first-order valence-electron chi connectivity index (χ1n) is 16.7. The number of rotatable bonds is 13. The van der Waals surface area contributed by atoms with Crippen molar-refractivity contribution < 1.29 is 42.1 Å². The van der Waals surface area contributed by atoms with Crippen LogP contribution in [0.15, 0.2) is 43.5 Å². The Balaban J connectivity index is 1.67. The number of ether oxygens (including phenoxy) is 4. The van der Waals surface area contributed by atoms with Crippen LogP contribution in [-0.4, -0.2) is 70.2 Å². The third kappa shape index (κ3) is 8.93. The van der Waals surface area contributed by atoms with Gasteiger partial charge in [0.15, 0.2) is 5.69 Å². The smallest absolute Gasteiger partial charge is 0.329 e. The molecule has 6 atom stereocenters. The van der Waals surface area contributed by atoms with Gasteiger partial charge in [0.05, 0.1) is 37.0 Å². The first kappa shape index (κ1) is 37.7. The van der Waals surface area contributed by atoms with Crippen LogP contribution < -0.4 is 9.47 Å². The highest BCUT2D eigenvalue weighted by molar-refractivity contribution is 5.89. The zero-order valence-electron chi connectivity index (χ0n) is 29.8. The summed E-state index contributed by atoms with van der Waals surface area (Å²) in [7, 11) is 1.46. The van der Waals surface area contributed by atoms with Crippen LogP contribution in [0.25, 0.3) is 11.0 Å². The van der Waals surface area contributed by atoms with Gasteiger partial charge in [0, 0.05) is 12.0 Å². The number of likely N-dealkylation sites (tertiary alicyclic amines) is 1. The molecule has 1 aromatic heterocycles. The molecule has 2 heterocycles. The van der Waals surface area contributed by atoms with Gasteiger partial charge in [-0.05, 0) is 69.6 Å². The molecule has 0 N–H and O–H groups in total. The highest BCUT2D eigenvalue weighted by atomic mass is 19.3. The summed E-state index contributed by atoms with van der Waals surface area (Å²) in [5.74, 6) is -6.59. The van der Waals surface area contributed by atoms with Crippen LogP contribution in [0.1, 0.15) is 79.8 Å². The summed E-state index contributed by atoms with van der Waals surface area (Å²) in [6.45, 7) is 19.2. The van der Waals surface area contributed by atoms with Crippen LogP contribution in [0, 0.1) is 23.2 Å². The molecule has 49 heavy (non-hydrogen) atoms. The summed E-state index contributed by atoms with van der Waals surface area (Å²) in [4.78, 5) is 51.2. The van der Waals surface area contributed by atoms with E-state index in [1.54, 1.807) is 39.8 Å². The molecule has 1 amide bonds. The van der Waals surface area contributed by atoms with Gasteiger partial charge in [-0.2, -0.15) is 8.78 Å². The Bertz CT molecular complexity index is 1580. The molecule has 0 bridgehead atoms. The third-order valence-corrected chi connectivity index (χ3v) is 9.00. The van der Waals surface area contributed by atoms with E-state index in [4.69, 9.17) is 18.9 Å². The van der Waals surface area contributed by atoms with E-state index >= 15 is 8.78 Å². The fourth-order valence-electron chi connectivity index (χ4n) is 6.07. The van der Waals surface area contributed by atoms with Gasteiger partial charge in [0.25, 0.3) is 0 Å². The summed E-state index contributed by atoms with van der Waals surface area (Å²) in [5.41, 5.74) is -1.91. The Morgan fingerprint density at radius 1 is 1.06 bits per heavy atom. The molecule has 0 radical (unpaired) electrons. The highest BCUT2D eigenvalue weighted by Crippen LogP contribution is 2.41. The first-order valence-corrected chi connectivity index (χ1v) is 16.7. The number of fused-ring (bicyclic) bond motifs is 1. The molecule has 0 unspecified atom stereocenters. The number of methoxy groups -OCH3 is 1.